The van der Waals surface area contributed by atoms with Gasteiger partial charge in [-0.25, -0.2) is 15.0 Å². The number of allylic oxidation sites excluding steroid dienone is 9. The Morgan fingerprint density at radius 2 is 1.74 bits per heavy atom. The Labute approximate surface area is 162 Å². The minimum absolute atomic E-state index is 0.645. The van der Waals surface area contributed by atoms with Crippen molar-refractivity contribution < 1.29 is 0 Å². The fourth-order valence-electron chi connectivity index (χ4n) is 2.30. The van der Waals surface area contributed by atoms with Crippen molar-refractivity contribution in [3.8, 4) is 11.4 Å². The minimum Gasteiger partial charge on any atom is -0.213 e. The summed E-state index contributed by atoms with van der Waals surface area (Å²) in [5, 5.41) is 0. The Kier molecular flexibility index (Phi) is 7.63. The van der Waals surface area contributed by atoms with Crippen LogP contribution in [0.25, 0.3) is 17.0 Å². The zero-order valence-corrected chi connectivity index (χ0v) is 16.6. The summed E-state index contributed by atoms with van der Waals surface area (Å²) in [6.45, 7) is 11.9. The summed E-state index contributed by atoms with van der Waals surface area (Å²) in [7, 11) is 0. The molecule has 0 saturated heterocycles. The highest BCUT2D eigenvalue weighted by atomic mass is 15.0. The van der Waals surface area contributed by atoms with Gasteiger partial charge in [0.25, 0.3) is 0 Å². The van der Waals surface area contributed by atoms with Gasteiger partial charge in [0, 0.05) is 12.0 Å². The van der Waals surface area contributed by atoms with Gasteiger partial charge in [-0.15, -0.1) is 0 Å². The number of nitrogens with zero attached hydrogens (tertiary/aromatic N) is 3. The number of aryl methyl sites for hydroxylation is 1. The topological polar surface area (TPSA) is 38.7 Å². The molecule has 0 fully saturated rings. The summed E-state index contributed by atoms with van der Waals surface area (Å²) in [5.74, 6) is 2.17. The number of aromatic nitrogens is 3. The van der Waals surface area contributed by atoms with E-state index >= 15 is 0 Å². The predicted octanol–water partition coefficient (Wildman–Crippen LogP) is 6.06. The zero-order chi connectivity index (χ0) is 19.6. The van der Waals surface area contributed by atoms with Crippen molar-refractivity contribution in [1.29, 1.82) is 0 Å². The maximum Gasteiger partial charge on any atom is 0.163 e. The first-order valence-corrected chi connectivity index (χ1v) is 9.11. The molecule has 3 nitrogen and oxygen atoms in total. The highest BCUT2D eigenvalue weighted by Crippen LogP contribution is 2.18. The van der Waals surface area contributed by atoms with Gasteiger partial charge in [0.1, 0.15) is 5.82 Å². The van der Waals surface area contributed by atoms with Crippen LogP contribution in [0.1, 0.15) is 38.0 Å². The van der Waals surface area contributed by atoms with Crippen LogP contribution in [-0.4, -0.2) is 15.0 Å². The molecule has 1 heterocycles. The van der Waals surface area contributed by atoms with Crippen molar-refractivity contribution in [3.63, 3.8) is 0 Å². The quantitative estimate of drug-likeness (QED) is 0.566. The van der Waals surface area contributed by atoms with Crippen LogP contribution in [0.5, 0.6) is 0 Å². The SMILES string of the molecule is C=C/C(C)=C\C=C/Cc1nc(/C(C)=C/C=C\C)nc(-c2ccc(C)cc2)n1. The second-order valence-electron chi connectivity index (χ2n) is 6.39. The molecule has 3 heteroatoms. The van der Waals surface area contributed by atoms with Gasteiger partial charge in [0.15, 0.2) is 11.6 Å². The van der Waals surface area contributed by atoms with Crippen molar-refractivity contribution in [2.45, 2.75) is 34.1 Å². The van der Waals surface area contributed by atoms with Crippen LogP contribution in [0.2, 0.25) is 0 Å². The largest absolute Gasteiger partial charge is 0.213 e. The molecule has 27 heavy (non-hydrogen) atoms. The van der Waals surface area contributed by atoms with Gasteiger partial charge < -0.3 is 0 Å². The van der Waals surface area contributed by atoms with Crippen LogP contribution in [0.4, 0.5) is 0 Å². The average molecular weight is 358 g/mol. The molecule has 0 radical (unpaired) electrons. The van der Waals surface area contributed by atoms with Crippen molar-refractivity contribution in [1.82, 2.24) is 15.0 Å². The Bertz CT molecular complexity index is 898. The van der Waals surface area contributed by atoms with Crippen LogP contribution in [0.3, 0.4) is 0 Å². The summed E-state index contributed by atoms with van der Waals surface area (Å²) in [4.78, 5) is 14.0. The van der Waals surface area contributed by atoms with Crippen LogP contribution in [0.15, 0.2) is 78.9 Å². The molecule has 0 unspecified atom stereocenters. The van der Waals surface area contributed by atoms with E-state index < -0.39 is 0 Å². The molecule has 1 aromatic carbocycles. The van der Waals surface area contributed by atoms with Crippen LogP contribution in [-0.2, 0) is 6.42 Å². The molecule has 0 spiro atoms. The number of hydrogen-bond acceptors (Lipinski definition) is 3. The van der Waals surface area contributed by atoms with Crippen LogP contribution >= 0.6 is 0 Å². The predicted molar refractivity (Wildman–Crippen MR) is 115 cm³/mol. The van der Waals surface area contributed by atoms with Crippen LogP contribution in [0, 0.1) is 6.92 Å². The van der Waals surface area contributed by atoms with Gasteiger partial charge in [-0.05, 0) is 33.3 Å². The molecule has 0 bridgehead atoms. The first-order chi connectivity index (χ1) is 13.0. The smallest absolute Gasteiger partial charge is 0.163 e. The van der Waals surface area contributed by atoms with E-state index in [1.54, 1.807) is 0 Å². The Morgan fingerprint density at radius 1 is 1.00 bits per heavy atom. The molecular formula is C24H27N3. The van der Waals surface area contributed by atoms with Crippen molar-refractivity contribution >= 4 is 5.57 Å². The maximum absolute atomic E-state index is 4.68. The first-order valence-electron chi connectivity index (χ1n) is 9.11. The number of benzene rings is 1. The molecule has 1 aromatic heterocycles. The lowest BCUT2D eigenvalue weighted by Crippen LogP contribution is -2.04. The van der Waals surface area contributed by atoms with Crippen molar-refractivity contribution in [2.75, 3.05) is 0 Å². The normalized spacial score (nSPS) is 12.9. The minimum atomic E-state index is 0.645. The molecule has 0 N–H and O–H groups in total. The third-order valence-electron chi connectivity index (χ3n) is 4.00. The fourth-order valence-corrected chi connectivity index (χ4v) is 2.30. The van der Waals surface area contributed by atoms with Gasteiger partial charge >= 0.3 is 0 Å². The Hall–Kier alpha value is -3.07. The zero-order valence-electron chi connectivity index (χ0n) is 16.6. The Morgan fingerprint density at radius 3 is 2.41 bits per heavy atom. The number of rotatable bonds is 7. The van der Waals surface area contributed by atoms with E-state index in [4.69, 9.17) is 0 Å². The lowest BCUT2D eigenvalue weighted by molar-refractivity contribution is 0.921. The molecule has 0 atom stereocenters. The molecule has 0 aliphatic carbocycles. The van der Waals surface area contributed by atoms with E-state index in [1.165, 1.54) is 5.56 Å². The van der Waals surface area contributed by atoms with E-state index in [0.717, 1.165) is 22.5 Å². The molecule has 2 aromatic rings. The summed E-state index contributed by atoms with van der Waals surface area (Å²) in [6.07, 6.45) is 14.6. The molecule has 0 aliphatic rings. The van der Waals surface area contributed by atoms with Crippen LogP contribution < -0.4 is 0 Å². The van der Waals surface area contributed by atoms with Gasteiger partial charge in [-0.3, -0.25) is 0 Å². The fraction of sp³-hybridized carbons (Fsp3) is 0.208. The third-order valence-corrected chi connectivity index (χ3v) is 4.00. The van der Waals surface area contributed by atoms with Gasteiger partial charge in [0.05, 0.1) is 0 Å². The third kappa shape index (κ3) is 6.30. The van der Waals surface area contributed by atoms with Gasteiger partial charge in [0.2, 0.25) is 0 Å². The standard InChI is InChI=1S/C24H27N3/c1-6-8-12-20(5)23-25-22(13-10-9-11-18(3)7-2)26-24(27-23)21-16-14-19(4)15-17-21/h6-12,14-17H,2,13H2,1,3-5H3/b8-6-,10-9-,18-11-,20-12+. The summed E-state index contributed by atoms with van der Waals surface area (Å²) in [6, 6.07) is 8.25. The highest BCUT2D eigenvalue weighted by molar-refractivity contribution is 5.62. The molecule has 0 saturated carbocycles. The van der Waals surface area contributed by atoms with Gasteiger partial charge in [-0.2, -0.15) is 0 Å². The molecule has 138 valence electrons. The summed E-state index contributed by atoms with van der Waals surface area (Å²) < 4.78 is 0. The van der Waals surface area contributed by atoms with Crippen molar-refractivity contribution in [3.05, 3.63) is 96.2 Å². The van der Waals surface area contributed by atoms with Gasteiger partial charge in [-0.1, -0.05) is 84.5 Å². The summed E-state index contributed by atoms with van der Waals surface area (Å²) >= 11 is 0. The second-order valence-corrected chi connectivity index (χ2v) is 6.39. The van der Waals surface area contributed by atoms with E-state index in [1.807, 2.05) is 57.2 Å². The molecule has 0 amide bonds. The lowest BCUT2D eigenvalue weighted by Gasteiger charge is -2.07. The highest BCUT2D eigenvalue weighted by Gasteiger charge is 2.09. The lowest BCUT2D eigenvalue weighted by atomic mass is 10.1. The van der Waals surface area contributed by atoms with E-state index in [0.29, 0.717) is 18.1 Å². The van der Waals surface area contributed by atoms with Crippen molar-refractivity contribution in [2.24, 2.45) is 0 Å². The second kappa shape index (κ2) is 10.2. The molecular weight excluding hydrogens is 330 g/mol. The van der Waals surface area contributed by atoms with E-state index in [2.05, 4.69) is 58.8 Å². The Balaban J connectivity index is 2.41. The monoisotopic (exact) mass is 357 g/mol. The number of hydrogen-bond donors (Lipinski definition) is 0. The maximum atomic E-state index is 4.68. The molecule has 0 aliphatic heterocycles. The summed E-state index contributed by atoms with van der Waals surface area (Å²) in [5.41, 5.74) is 4.34. The average Bonchev–Trinajstić information content (AvgIpc) is 2.69. The van der Waals surface area contributed by atoms with E-state index in [9.17, 15) is 0 Å². The first kappa shape index (κ1) is 20.2. The van der Waals surface area contributed by atoms with E-state index in [-0.39, 0.29) is 0 Å². The molecule has 2 rings (SSSR count).